The van der Waals surface area contributed by atoms with E-state index in [-0.39, 0.29) is 5.82 Å². The summed E-state index contributed by atoms with van der Waals surface area (Å²) < 4.78 is 13.3. The molecule has 0 amide bonds. The highest BCUT2D eigenvalue weighted by Crippen LogP contribution is 2.25. The van der Waals surface area contributed by atoms with Gasteiger partial charge in [-0.25, -0.2) is 9.37 Å². The van der Waals surface area contributed by atoms with Gasteiger partial charge in [-0.3, -0.25) is 4.98 Å². The Bertz CT molecular complexity index is 740. The quantitative estimate of drug-likeness (QED) is 0.764. The van der Waals surface area contributed by atoms with Gasteiger partial charge in [0.15, 0.2) is 0 Å². The van der Waals surface area contributed by atoms with Gasteiger partial charge in [0, 0.05) is 29.9 Å². The van der Waals surface area contributed by atoms with Crippen LogP contribution in [-0.2, 0) is 6.54 Å². The van der Waals surface area contributed by atoms with E-state index in [2.05, 4.69) is 9.97 Å². The van der Waals surface area contributed by atoms with Crippen LogP contribution in [0, 0.1) is 5.82 Å². The molecule has 0 aliphatic carbocycles. The van der Waals surface area contributed by atoms with Crippen molar-refractivity contribution in [3.63, 3.8) is 0 Å². The zero-order valence-corrected chi connectivity index (χ0v) is 10.2. The minimum absolute atomic E-state index is 0.280. The van der Waals surface area contributed by atoms with Crippen LogP contribution in [0.5, 0.6) is 0 Å². The number of nitrogens with zero attached hydrogens (tertiary/aromatic N) is 2. The van der Waals surface area contributed by atoms with Gasteiger partial charge in [-0.15, -0.1) is 0 Å². The minimum atomic E-state index is -0.280. The molecule has 94 valence electrons. The third-order valence-corrected chi connectivity index (χ3v) is 3.01. The summed E-state index contributed by atoms with van der Waals surface area (Å²) in [5.74, 6) is -0.280. The van der Waals surface area contributed by atoms with Crippen molar-refractivity contribution < 1.29 is 4.39 Å². The molecule has 0 aliphatic heterocycles. The van der Waals surface area contributed by atoms with Crippen molar-refractivity contribution in [1.29, 1.82) is 0 Å². The molecular weight excluding hydrogens is 241 g/mol. The van der Waals surface area contributed by atoms with Crippen molar-refractivity contribution in [3.05, 3.63) is 60.2 Å². The van der Waals surface area contributed by atoms with Crippen LogP contribution in [0.3, 0.4) is 0 Å². The molecule has 0 bridgehead atoms. The van der Waals surface area contributed by atoms with Crippen molar-refractivity contribution in [2.24, 2.45) is 5.73 Å². The van der Waals surface area contributed by atoms with Crippen LogP contribution >= 0.6 is 0 Å². The van der Waals surface area contributed by atoms with E-state index in [0.717, 1.165) is 27.7 Å². The number of halogens is 1. The second-order valence-electron chi connectivity index (χ2n) is 4.28. The van der Waals surface area contributed by atoms with E-state index in [9.17, 15) is 4.39 Å². The molecular formula is C15H12FN3. The maximum atomic E-state index is 13.3. The lowest BCUT2D eigenvalue weighted by Crippen LogP contribution is -2.01. The molecule has 1 aromatic carbocycles. The van der Waals surface area contributed by atoms with Gasteiger partial charge in [-0.2, -0.15) is 0 Å². The van der Waals surface area contributed by atoms with E-state index in [4.69, 9.17) is 5.73 Å². The SMILES string of the molecule is NCc1cc2cnccc2nc1-c1cccc(F)c1. The van der Waals surface area contributed by atoms with Crippen LogP contribution in [0.15, 0.2) is 48.8 Å². The Morgan fingerprint density at radius 3 is 2.84 bits per heavy atom. The number of nitrogens with two attached hydrogens (primary N) is 1. The van der Waals surface area contributed by atoms with E-state index < -0.39 is 0 Å². The Balaban J connectivity index is 2.27. The van der Waals surface area contributed by atoms with Crippen molar-refractivity contribution >= 4 is 10.9 Å². The number of pyridine rings is 2. The molecule has 4 heteroatoms. The first-order valence-electron chi connectivity index (χ1n) is 5.97. The summed E-state index contributed by atoms with van der Waals surface area (Å²) in [6.07, 6.45) is 3.43. The number of aromatic nitrogens is 2. The molecule has 0 spiro atoms. The predicted octanol–water partition coefficient (Wildman–Crippen LogP) is 2.89. The topological polar surface area (TPSA) is 51.8 Å². The van der Waals surface area contributed by atoms with Gasteiger partial charge in [-0.1, -0.05) is 12.1 Å². The summed E-state index contributed by atoms with van der Waals surface area (Å²) in [5, 5.41) is 0.933. The van der Waals surface area contributed by atoms with Crippen molar-refractivity contribution in [2.45, 2.75) is 6.54 Å². The molecule has 0 saturated heterocycles. The lowest BCUT2D eigenvalue weighted by molar-refractivity contribution is 0.628. The van der Waals surface area contributed by atoms with Gasteiger partial charge >= 0.3 is 0 Å². The van der Waals surface area contributed by atoms with E-state index in [1.807, 2.05) is 18.2 Å². The zero-order valence-electron chi connectivity index (χ0n) is 10.2. The molecule has 0 radical (unpaired) electrons. The fraction of sp³-hybridized carbons (Fsp3) is 0.0667. The Kier molecular flexibility index (Phi) is 2.93. The highest BCUT2D eigenvalue weighted by molar-refractivity contribution is 5.82. The monoisotopic (exact) mass is 253 g/mol. The summed E-state index contributed by atoms with van der Waals surface area (Å²) >= 11 is 0. The molecule has 2 N–H and O–H groups in total. The minimum Gasteiger partial charge on any atom is -0.326 e. The first-order chi connectivity index (χ1) is 9.28. The summed E-state index contributed by atoms with van der Waals surface area (Å²) in [6.45, 7) is 0.351. The Labute approximate surface area is 109 Å². The molecule has 19 heavy (non-hydrogen) atoms. The van der Waals surface area contributed by atoms with Crippen LogP contribution in [0.4, 0.5) is 4.39 Å². The fourth-order valence-corrected chi connectivity index (χ4v) is 2.10. The zero-order chi connectivity index (χ0) is 13.2. The molecule has 0 aliphatic rings. The van der Waals surface area contributed by atoms with Gasteiger partial charge < -0.3 is 5.73 Å². The van der Waals surface area contributed by atoms with Gasteiger partial charge in [0.1, 0.15) is 5.82 Å². The van der Waals surface area contributed by atoms with E-state index in [1.54, 1.807) is 18.5 Å². The van der Waals surface area contributed by atoms with Gasteiger partial charge in [0.2, 0.25) is 0 Å². The third kappa shape index (κ3) is 2.18. The Morgan fingerprint density at radius 1 is 1.16 bits per heavy atom. The highest BCUT2D eigenvalue weighted by atomic mass is 19.1. The standard InChI is InChI=1S/C15H12FN3/c16-13-3-1-2-10(7-13)15-11(8-17)6-12-9-18-5-4-14(12)19-15/h1-7,9H,8,17H2. The number of hydrogen-bond acceptors (Lipinski definition) is 3. The van der Waals surface area contributed by atoms with Gasteiger partial charge in [0.25, 0.3) is 0 Å². The second-order valence-corrected chi connectivity index (χ2v) is 4.28. The molecule has 3 rings (SSSR count). The molecule has 3 aromatic rings. The second kappa shape index (κ2) is 4.74. The van der Waals surface area contributed by atoms with Crippen LogP contribution in [0.25, 0.3) is 22.2 Å². The summed E-state index contributed by atoms with van der Waals surface area (Å²) in [4.78, 5) is 8.63. The van der Waals surface area contributed by atoms with Crippen LogP contribution in [0.1, 0.15) is 5.56 Å². The third-order valence-electron chi connectivity index (χ3n) is 3.01. The lowest BCUT2D eigenvalue weighted by Gasteiger charge is -2.09. The number of benzene rings is 1. The Morgan fingerprint density at radius 2 is 2.05 bits per heavy atom. The molecule has 0 unspecified atom stereocenters. The van der Waals surface area contributed by atoms with Crippen molar-refractivity contribution in [2.75, 3.05) is 0 Å². The maximum Gasteiger partial charge on any atom is 0.123 e. The molecule has 0 atom stereocenters. The predicted molar refractivity (Wildman–Crippen MR) is 72.8 cm³/mol. The summed E-state index contributed by atoms with van der Waals surface area (Å²) in [6, 6.07) is 10.2. The Hall–Kier alpha value is -2.33. The molecule has 0 fully saturated rings. The first kappa shape index (κ1) is 11.7. The van der Waals surface area contributed by atoms with E-state index in [1.165, 1.54) is 12.1 Å². The van der Waals surface area contributed by atoms with Gasteiger partial charge in [-0.05, 0) is 29.8 Å². The van der Waals surface area contributed by atoms with Gasteiger partial charge in [0.05, 0.1) is 11.2 Å². The number of rotatable bonds is 2. The lowest BCUT2D eigenvalue weighted by atomic mass is 10.0. The first-order valence-corrected chi connectivity index (χ1v) is 5.97. The van der Waals surface area contributed by atoms with Crippen LogP contribution in [0.2, 0.25) is 0 Å². The van der Waals surface area contributed by atoms with Crippen LogP contribution in [-0.4, -0.2) is 9.97 Å². The van der Waals surface area contributed by atoms with Crippen LogP contribution < -0.4 is 5.73 Å². The molecule has 3 nitrogen and oxygen atoms in total. The molecule has 2 aromatic heterocycles. The summed E-state index contributed by atoms with van der Waals surface area (Å²) in [5.41, 5.74) is 8.93. The van der Waals surface area contributed by atoms with Crippen molar-refractivity contribution in [3.8, 4) is 11.3 Å². The van der Waals surface area contributed by atoms with Crippen molar-refractivity contribution in [1.82, 2.24) is 9.97 Å². The van der Waals surface area contributed by atoms with E-state index >= 15 is 0 Å². The van der Waals surface area contributed by atoms with E-state index in [0.29, 0.717) is 6.54 Å². The number of hydrogen-bond donors (Lipinski definition) is 1. The summed E-state index contributed by atoms with van der Waals surface area (Å²) in [7, 11) is 0. The smallest absolute Gasteiger partial charge is 0.123 e. The highest BCUT2D eigenvalue weighted by Gasteiger charge is 2.09. The largest absolute Gasteiger partial charge is 0.326 e. The molecule has 2 heterocycles. The average Bonchev–Trinajstić information content (AvgIpc) is 2.46. The fourth-order valence-electron chi connectivity index (χ4n) is 2.10. The normalized spacial score (nSPS) is 10.8. The molecule has 0 saturated carbocycles. The number of fused-ring (bicyclic) bond motifs is 1. The average molecular weight is 253 g/mol. The maximum absolute atomic E-state index is 13.3.